The summed E-state index contributed by atoms with van der Waals surface area (Å²) < 4.78 is 0. The average Bonchev–Trinajstić information content (AvgIpc) is 3.21. The zero-order valence-corrected chi connectivity index (χ0v) is 17.9. The number of amides is 1. The molecule has 32 heavy (non-hydrogen) atoms. The van der Waals surface area contributed by atoms with Crippen molar-refractivity contribution in [3.63, 3.8) is 0 Å². The maximum atomic E-state index is 13.0. The Hall–Kier alpha value is -4.12. The molecule has 0 fully saturated rings. The first-order chi connectivity index (χ1) is 15.7. The quantitative estimate of drug-likeness (QED) is 0.336. The van der Waals surface area contributed by atoms with Gasteiger partial charge in [0, 0.05) is 28.5 Å². The van der Waals surface area contributed by atoms with E-state index >= 15 is 0 Å². The summed E-state index contributed by atoms with van der Waals surface area (Å²) >= 11 is 0. The third-order valence-electron chi connectivity index (χ3n) is 5.66. The van der Waals surface area contributed by atoms with Crippen LogP contribution in [0, 0.1) is 6.92 Å². The summed E-state index contributed by atoms with van der Waals surface area (Å²) in [6.45, 7) is 3.01. The molecule has 5 nitrogen and oxygen atoms in total. The Kier molecular flexibility index (Phi) is 5.30. The van der Waals surface area contributed by atoms with Crippen LogP contribution in [0.1, 0.15) is 27.3 Å². The standard InChI is InChI=1S/C27H24N4O/c1-18-26-23(21-11-5-8-14-25(21)31-26)15-20(30-18)17-29-27(32)22-12-6-7-13-24(22)28-16-19-9-3-2-4-10-19/h2-15,28,31H,16-17H2,1H3,(H,29,32). The molecule has 0 aliphatic carbocycles. The van der Waals surface area contributed by atoms with Gasteiger partial charge >= 0.3 is 0 Å². The first-order valence-corrected chi connectivity index (χ1v) is 10.7. The number of carbonyl (C=O) groups is 1. The number of hydrogen-bond acceptors (Lipinski definition) is 3. The minimum Gasteiger partial charge on any atom is -0.380 e. The van der Waals surface area contributed by atoms with Gasteiger partial charge in [0.05, 0.1) is 29.0 Å². The van der Waals surface area contributed by atoms with Crippen LogP contribution in [-0.2, 0) is 13.1 Å². The second-order valence-corrected chi connectivity index (χ2v) is 7.86. The van der Waals surface area contributed by atoms with Crippen LogP contribution in [0.3, 0.4) is 0 Å². The molecule has 3 aromatic carbocycles. The lowest BCUT2D eigenvalue weighted by molar-refractivity contribution is 0.0951. The molecule has 3 N–H and O–H groups in total. The van der Waals surface area contributed by atoms with Crippen molar-refractivity contribution >= 4 is 33.4 Å². The second kappa shape index (κ2) is 8.55. The summed E-state index contributed by atoms with van der Waals surface area (Å²) in [7, 11) is 0. The van der Waals surface area contributed by atoms with Crippen LogP contribution in [0.25, 0.3) is 21.8 Å². The summed E-state index contributed by atoms with van der Waals surface area (Å²) in [4.78, 5) is 21.1. The van der Waals surface area contributed by atoms with Crippen LogP contribution in [0.4, 0.5) is 5.69 Å². The van der Waals surface area contributed by atoms with E-state index in [1.165, 1.54) is 0 Å². The summed E-state index contributed by atoms with van der Waals surface area (Å²) in [6, 6.07) is 28.0. The molecule has 0 spiro atoms. The number of aromatic amines is 1. The van der Waals surface area contributed by atoms with Gasteiger partial charge in [0.25, 0.3) is 5.91 Å². The van der Waals surface area contributed by atoms with Crippen molar-refractivity contribution in [2.45, 2.75) is 20.0 Å². The monoisotopic (exact) mass is 420 g/mol. The number of pyridine rings is 1. The number of aryl methyl sites for hydroxylation is 1. The second-order valence-electron chi connectivity index (χ2n) is 7.86. The maximum Gasteiger partial charge on any atom is 0.253 e. The molecule has 5 rings (SSSR count). The molecule has 0 aliphatic rings. The van der Waals surface area contributed by atoms with Gasteiger partial charge in [-0.15, -0.1) is 0 Å². The van der Waals surface area contributed by atoms with Gasteiger partial charge in [0.1, 0.15) is 0 Å². The molecular weight excluding hydrogens is 396 g/mol. The number of aromatic nitrogens is 2. The fourth-order valence-corrected chi connectivity index (χ4v) is 4.05. The third kappa shape index (κ3) is 3.93. The van der Waals surface area contributed by atoms with Crippen molar-refractivity contribution in [2.75, 3.05) is 5.32 Å². The number of H-pyrrole nitrogens is 1. The smallest absolute Gasteiger partial charge is 0.253 e. The van der Waals surface area contributed by atoms with Gasteiger partial charge in [-0.05, 0) is 36.8 Å². The maximum absolute atomic E-state index is 13.0. The van der Waals surface area contributed by atoms with Crippen molar-refractivity contribution in [1.29, 1.82) is 0 Å². The lowest BCUT2D eigenvalue weighted by Crippen LogP contribution is -2.24. The zero-order chi connectivity index (χ0) is 21.9. The number of anilines is 1. The molecule has 0 radical (unpaired) electrons. The first kappa shape index (κ1) is 19.8. The molecule has 2 aromatic heterocycles. The summed E-state index contributed by atoms with van der Waals surface area (Å²) in [5.41, 5.74) is 6.48. The van der Waals surface area contributed by atoms with E-state index < -0.39 is 0 Å². The number of nitrogens with one attached hydrogen (secondary N) is 3. The average molecular weight is 421 g/mol. The van der Waals surface area contributed by atoms with Gasteiger partial charge in [-0.1, -0.05) is 60.7 Å². The Morgan fingerprint density at radius 2 is 1.62 bits per heavy atom. The zero-order valence-electron chi connectivity index (χ0n) is 17.9. The molecule has 2 heterocycles. The fraction of sp³-hybridized carbons (Fsp3) is 0.111. The van der Waals surface area contributed by atoms with Crippen LogP contribution in [0.2, 0.25) is 0 Å². The Labute approximate surface area is 186 Å². The molecule has 0 saturated heterocycles. The van der Waals surface area contributed by atoms with Crippen molar-refractivity contribution in [3.8, 4) is 0 Å². The van der Waals surface area contributed by atoms with E-state index in [4.69, 9.17) is 4.98 Å². The number of carbonyl (C=O) groups excluding carboxylic acids is 1. The largest absolute Gasteiger partial charge is 0.380 e. The van der Waals surface area contributed by atoms with Crippen LogP contribution in [0.15, 0.2) is 84.9 Å². The first-order valence-electron chi connectivity index (χ1n) is 10.7. The number of nitrogens with zero attached hydrogens (tertiary/aromatic N) is 1. The predicted molar refractivity (Wildman–Crippen MR) is 130 cm³/mol. The Bertz CT molecular complexity index is 1410. The lowest BCUT2D eigenvalue weighted by atomic mass is 10.1. The predicted octanol–water partition coefficient (Wildman–Crippen LogP) is 5.57. The van der Waals surface area contributed by atoms with Gasteiger partial charge in [0.2, 0.25) is 0 Å². The highest BCUT2D eigenvalue weighted by molar-refractivity contribution is 6.08. The van der Waals surface area contributed by atoms with E-state index in [0.29, 0.717) is 18.7 Å². The molecule has 0 atom stereocenters. The molecule has 5 aromatic rings. The van der Waals surface area contributed by atoms with Crippen molar-refractivity contribution in [1.82, 2.24) is 15.3 Å². The van der Waals surface area contributed by atoms with E-state index in [1.54, 1.807) is 0 Å². The number of para-hydroxylation sites is 2. The normalized spacial score (nSPS) is 11.0. The van der Waals surface area contributed by atoms with Crippen LogP contribution >= 0.6 is 0 Å². The third-order valence-corrected chi connectivity index (χ3v) is 5.66. The van der Waals surface area contributed by atoms with Crippen molar-refractivity contribution in [3.05, 3.63) is 107 Å². The Balaban J connectivity index is 1.34. The minimum absolute atomic E-state index is 0.125. The Morgan fingerprint density at radius 1 is 0.875 bits per heavy atom. The van der Waals surface area contributed by atoms with Crippen molar-refractivity contribution < 1.29 is 4.79 Å². The van der Waals surface area contributed by atoms with E-state index in [9.17, 15) is 4.79 Å². The molecule has 0 aliphatic heterocycles. The van der Waals surface area contributed by atoms with E-state index in [2.05, 4.69) is 45.9 Å². The highest BCUT2D eigenvalue weighted by Gasteiger charge is 2.13. The molecule has 158 valence electrons. The molecule has 0 unspecified atom stereocenters. The summed E-state index contributed by atoms with van der Waals surface area (Å²) in [5, 5.41) is 8.70. The van der Waals surface area contributed by atoms with Crippen molar-refractivity contribution in [2.24, 2.45) is 0 Å². The number of fused-ring (bicyclic) bond motifs is 3. The van der Waals surface area contributed by atoms with Gasteiger partial charge < -0.3 is 15.6 Å². The van der Waals surface area contributed by atoms with Crippen LogP contribution in [-0.4, -0.2) is 15.9 Å². The number of benzene rings is 3. The molecule has 5 heteroatoms. The van der Waals surface area contributed by atoms with Gasteiger partial charge in [0.15, 0.2) is 0 Å². The molecule has 0 bridgehead atoms. The lowest BCUT2D eigenvalue weighted by Gasteiger charge is -2.12. The highest BCUT2D eigenvalue weighted by Crippen LogP contribution is 2.27. The molecule has 0 saturated carbocycles. The summed E-state index contributed by atoms with van der Waals surface area (Å²) in [6.07, 6.45) is 0. The molecule has 1 amide bonds. The SMILES string of the molecule is Cc1nc(CNC(=O)c2ccccc2NCc2ccccc2)cc2c1[nH]c1ccccc12. The van der Waals surface area contributed by atoms with E-state index in [1.807, 2.05) is 61.5 Å². The number of rotatable bonds is 6. The van der Waals surface area contributed by atoms with Crippen LogP contribution < -0.4 is 10.6 Å². The minimum atomic E-state index is -0.125. The van der Waals surface area contributed by atoms with Gasteiger partial charge in [-0.2, -0.15) is 0 Å². The van der Waals surface area contributed by atoms with Gasteiger partial charge in [-0.3, -0.25) is 9.78 Å². The van der Waals surface area contributed by atoms with E-state index in [-0.39, 0.29) is 5.91 Å². The Morgan fingerprint density at radius 3 is 2.50 bits per heavy atom. The highest BCUT2D eigenvalue weighted by atomic mass is 16.1. The topological polar surface area (TPSA) is 69.8 Å². The van der Waals surface area contributed by atoms with Crippen LogP contribution in [0.5, 0.6) is 0 Å². The fourth-order valence-electron chi connectivity index (χ4n) is 4.05. The van der Waals surface area contributed by atoms with Gasteiger partial charge in [-0.25, -0.2) is 0 Å². The summed E-state index contributed by atoms with van der Waals surface area (Å²) in [5.74, 6) is -0.125. The number of hydrogen-bond donors (Lipinski definition) is 3. The molecular formula is C27H24N4O. The van der Waals surface area contributed by atoms with E-state index in [0.717, 1.165) is 44.4 Å².